The van der Waals surface area contributed by atoms with Crippen molar-refractivity contribution in [2.24, 2.45) is 0 Å². The van der Waals surface area contributed by atoms with Gasteiger partial charge in [-0.1, -0.05) is 6.07 Å². The number of sulfonamides is 1. The number of pyridine rings is 1. The second-order valence-electron chi connectivity index (χ2n) is 5.48. The molecule has 0 spiro atoms. The Hall–Kier alpha value is -2.64. The van der Waals surface area contributed by atoms with Gasteiger partial charge >= 0.3 is 0 Å². The second-order valence-corrected chi connectivity index (χ2v) is 7.25. The molecule has 1 N–H and O–H groups in total. The van der Waals surface area contributed by atoms with Crippen molar-refractivity contribution >= 4 is 10.0 Å². The largest absolute Gasteiger partial charge is 0.496 e. The van der Waals surface area contributed by atoms with Gasteiger partial charge in [0, 0.05) is 12.7 Å². The highest BCUT2D eigenvalue weighted by molar-refractivity contribution is 7.89. The molecule has 0 saturated carbocycles. The predicted molar refractivity (Wildman–Crippen MR) is 93.7 cm³/mol. The van der Waals surface area contributed by atoms with Gasteiger partial charge in [-0.05, 0) is 54.4 Å². The number of methoxy groups -OCH3 is 1. The lowest BCUT2D eigenvalue weighted by Gasteiger charge is -2.10. The fourth-order valence-electron chi connectivity index (χ4n) is 2.38. The lowest BCUT2D eigenvalue weighted by atomic mass is 10.2. The average molecular weight is 358 g/mol. The topological polar surface area (TPSA) is 81.4 Å². The van der Waals surface area contributed by atoms with Gasteiger partial charge in [0.1, 0.15) is 11.4 Å². The number of hydrogen-bond donors (Lipinski definition) is 1. The number of furan rings is 1. The summed E-state index contributed by atoms with van der Waals surface area (Å²) in [5.74, 6) is 1.32. The van der Waals surface area contributed by atoms with E-state index in [0.717, 1.165) is 11.1 Å². The maximum Gasteiger partial charge on any atom is 0.240 e. The van der Waals surface area contributed by atoms with Crippen LogP contribution in [0.25, 0.3) is 11.5 Å². The van der Waals surface area contributed by atoms with Gasteiger partial charge < -0.3 is 9.15 Å². The van der Waals surface area contributed by atoms with Crippen molar-refractivity contribution in [3.8, 4) is 17.2 Å². The fraction of sp³-hybridized carbons (Fsp3) is 0.167. The van der Waals surface area contributed by atoms with Crippen LogP contribution in [-0.2, 0) is 16.6 Å². The van der Waals surface area contributed by atoms with Crippen LogP contribution in [0.1, 0.15) is 11.1 Å². The third-order valence-corrected chi connectivity index (χ3v) is 5.14. The highest BCUT2D eigenvalue weighted by Gasteiger charge is 2.15. The Morgan fingerprint density at radius 3 is 2.64 bits per heavy atom. The van der Waals surface area contributed by atoms with Crippen molar-refractivity contribution in [1.82, 2.24) is 9.71 Å². The molecule has 1 aromatic carbocycles. The maximum absolute atomic E-state index is 12.4. The Balaban J connectivity index is 1.71. The van der Waals surface area contributed by atoms with E-state index in [4.69, 9.17) is 9.15 Å². The molecular weight excluding hydrogens is 340 g/mol. The quantitative estimate of drug-likeness (QED) is 0.732. The van der Waals surface area contributed by atoms with Crippen LogP contribution in [0.2, 0.25) is 0 Å². The summed E-state index contributed by atoms with van der Waals surface area (Å²) >= 11 is 0. The molecule has 2 heterocycles. The molecule has 0 saturated heterocycles. The molecule has 0 aliphatic heterocycles. The lowest BCUT2D eigenvalue weighted by Crippen LogP contribution is -2.23. The molecule has 3 aromatic rings. The van der Waals surface area contributed by atoms with E-state index in [1.807, 2.05) is 12.1 Å². The Kier molecular flexibility index (Phi) is 4.87. The van der Waals surface area contributed by atoms with Gasteiger partial charge in [-0.2, -0.15) is 0 Å². The molecule has 7 heteroatoms. The van der Waals surface area contributed by atoms with Gasteiger partial charge in [0.25, 0.3) is 0 Å². The summed E-state index contributed by atoms with van der Waals surface area (Å²) in [5, 5.41) is 0. The Morgan fingerprint density at radius 1 is 1.20 bits per heavy atom. The number of nitrogens with one attached hydrogen (secondary N) is 1. The highest BCUT2D eigenvalue weighted by Crippen LogP contribution is 2.21. The number of rotatable bonds is 6. The molecule has 0 unspecified atom stereocenters. The summed E-state index contributed by atoms with van der Waals surface area (Å²) in [6, 6.07) is 12.0. The first-order valence-electron chi connectivity index (χ1n) is 7.63. The van der Waals surface area contributed by atoms with Gasteiger partial charge in [0.15, 0.2) is 5.76 Å². The monoisotopic (exact) mass is 358 g/mol. The van der Waals surface area contributed by atoms with Crippen molar-refractivity contribution in [2.45, 2.75) is 18.4 Å². The predicted octanol–water partition coefficient (Wildman–Crippen LogP) is 3.14. The maximum atomic E-state index is 12.4. The van der Waals surface area contributed by atoms with Crippen LogP contribution in [0.4, 0.5) is 0 Å². The molecule has 0 radical (unpaired) electrons. The van der Waals surface area contributed by atoms with Crippen LogP contribution in [0.3, 0.4) is 0 Å². The fourth-order valence-corrected chi connectivity index (χ4v) is 3.48. The van der Waals surface area contributed by atoms with E-state index in [-0.39, 0.29) is 11.4 Å². The van der Waals surface area contributed by atoms with E-state index in [9.17, 15) is 8.42 Å². The minimum Gasteiger partial charge on any atom is -0.496 e. The summed E-state index contributed by atoms with van der Waals surface area (Å²) in [7, 11) is -2.06. The van der Waals surface area contributed by atoms with E-state index < -0.39 is 10.0 Å². The highest BCUT2D eigenvalue weighted by atomic mass is 32.2. The first kappa shape index (κ1) is 17.2. The minimum atomic E-state index is -3.61. The third kappa shape index (κ3) is 3.89. The number of ether oxygens (including phenoxy) is 1. The zero-order valence-corrected chi connectivity index (χ0v) is 14.7. The van der Waals surface area contributed by atoms with Crippen molar-refractivity contribution in [3.05, 3.63) is 66.1 Å². The van der Waals surface area contributed by atoms with Crippen molar-refractivity contribution in [1.29, 1.82) is 0 Å². The third-order valence-electron chi connectivity index (χ3n) is 3.74. The number of benzene rings is 1. The van der Waals surface area contributed by atoms with Crippen LogP contribution >= 0.6 is 0 Å². The van der Waals surface area contributed by atoms with Gasteiger partial charge in [-0.3, -0.25) is 4.98 Å². The second kappa shape index (κ2) is 7.08. The molecule has 130 valence electrons. The van der Waals surface area contributed by atoms with Gasteiger partial charge in [-0.25, -0.2) is 13.1 Å². The molecular formula is C18H18N2O4S. The van der Waals surface area contributed by atoms with Crippen molar-refractivity contribution in [2.75, 3.05) is 7.11 Å². The number of hydrogen-bond acceptors (Lipinski definition) is 5. The summed E-state index contributed by atoms with van der Waals surface area (Å²) in [6.07, 6.45) is 3.20. The van der Waals surface area contributed by atoms with E-state index >= 15 is 0 Å². The van der Waals surface area contributed by atoms with Crippen LogP contribution in [0, 0.1) is 6.92 Å². The molecule has 0 amide bonds. The van der Waals surface area contributed by atoms with Crippen molar-refractivity contribution < 1.29 is 17.6 Å². The van der Waals surface area contributed by atoms with Gasteiger partial charge in [0.2, 0.25) is 10.0 Å². The number of aromatic nitrogens is 1. The first-order chi connectivity index (χ1) is 12.0. The molecule has 0 aliphatic carbocycles. The lowest BCUT2D eigenvalue weighted by molar-refractivity contribution is 0.411. The van der Waals surface area contributed by atoms with E-state index in [0.29, 0.717) is 17.2 Å². The van der Waals surface area contributed by atoms with Crippen LogP contribution in [-0.4, -0.2) is 20.5 Å². The standard InChI is InChI=1S/C18H18N2O4S/c1-13-10-15(6-8-17(13)23-2)25(21,22)20-12-14-5-7-16(19-11-14)18-4-3-9-24-18/h3-11,20H,12H2,1-2H3. The van der Waals surface area contributed by atoms with E-state index in [1.54, 1.807) is 50.8 Å². The average Bonchev–Trinajstić information content (AvgIpc) is 3.15. The van der Waals surface area contributed by atoms with Crippen LogP contribution < -0.4 is 9.46 Å². The van der Waals surface area contributed by atoms with Crippen LogP contribution in [0.5, 0.6) is 5.75 Å². The Labute approximate surface area is 146 Å². The summed E-state index contributed by atoms with van der Waals surface area (Å²) in [4.78, 5) is 4.49. The molecule has 25 heavy (non-hydrogen) atoms. The number of nitrogens with zero attached hydrogens (tertiary/aromatic N) is 1. The summed E-state index contributed by atoms with van der Waals surface area (Å²) in [5.41, 5.74) is 2.21. The molecule has 0 fully saturated rings. The van der Waals surface area contributed by atoms with Crippen LogP contribution in [0.15, 0.2) is 64.2 Å². The smallest absolute Gasteiger partial charge is 0.240 e. The molecule has 6 nitrogen and oxygen atoms in total. The molecule has 0 aliphatic rings. The van der Waals surface area contributed by atoms with Crippen molar-refractivity contribution in [3.63, 3.8) is 0 Å². The van der Waals surface area contributed by atoms with E-state index in [2.05, 4.69) is 9.71 Å². The minimum absolute atomic E-state index is 0.152. The first-order valence-corrected chi connectivity index (χ1v) is 9.11. The summed E-state index contributed by atoms with van der Waals surface area (Å²) in [6.45, 7) is 1.95. The Morgan fingerprint density at radius 2 is 2.04 bits per heavy atom. The molecule has 2 aromatic heterocycles. The zero-order valence-electron chi connectivity index (χ0n) is 13.9. The SMILES string of the molecule is COc1ccc(S(=O)(=O)NCc2ccc(-c3ccco3)nc2)cc1C. The molecule has 0 bridgehead atoms. The zero-order chi connectivity index (χ0) is 17.9. The van der Waals surface area contributed by atoms with Gasteiger partial charge in [0.05, 0.1) is 18.3 Å². The Bertz CT molecular complexity index is 949. The summed E-state index contributed by atoms with van der Waals surface area (Å²) < 4.78 is 37.9. The molecule has 3 rings (SSSR count). The van der Waals surface area contributed by atoms with E-state index in [1.165, 1.54) is 6.07 Å². The normalized spacial score (nSPS) is 11.4. The number of aryl methyl sites for hydroxylation is 1. The van der Waals surface area contributed by atoms with Gasteiger partial charge in [-0.15, -0.1) is 0 Å². The molecule has 0 atom stereocenters.